The third kappa shape index (κ3) is 5.37. The summed E-state index contributed by atoms with van der Waals surface area (Å²) in [7, 11) is 2.88. The highest BCUT2D eigenvalue weighted by atomic mass is 16.5. The number of hydrogen-bond donors (Lipinski definition) is 3. The predicted octanol–water partition coefficient (Wildman–Crippen LogP) is 5.17. The van der Waals surface area contributed by atoms with Gasteiger partial charge < -0.3 is 29.2 Å². The van der Waals surface area contributed by atoms with E-state index < -0.39 is 5.60 Å². The molecule has 1 aromatic heterocycles. The van der Waals surface area contributed by atoms with Crippen LogP contribution in [0.4, 0.5) is 0 Å². The van der Waals surface area contributed by atoms with Crippen molar-refractivity contribution in [2.75, 3.05) is 14.2 Å². The SMILES string of the molecule is C=C(C)[C@H](CCC(C)(C)O)Cc1c(O)cc(OC)c2c(=O)cc(-c3ccc(O)cc3OC)oc12. The van der Waals surface area contributed by atoms with E-state index in [-0.39, 0.29) is 45.3 Å². The fourth-order valence-corrected chi connectivity index (χ4v) is 4.01. The molecule has 3 rings (SSSR count). The Balaban J connectivity index is 2.23. The summed E-state index contributed by atoms with van der Waals surface area (Å²) in [6.07, 6.45) is 1.54. The Morgan fingerprint density at radius 3 is 2.38 bits per heavy atom. The van der Waals surface area contributed by atoms with E-state index in [1.165, 1.54) is 38.5 Å². The molecule has 0 amide bonds. The van der Waals surface area contributed by atoms with E-state index in [2.05, 4.69) is 6.58 Å². The van der Waals surface area contributed by atoms with Crippen LogP contribution in [0.25, 0.3) is 22.3 Å². The number of allylic oxidation sites excluding steroid dienone is 1. The lowest BCUT2D eigenvalue weighted by atomic mass is 9.85. The van der Waals surface area contributed by atoms with Crippen molar-refractivity contribution >= 4 is 11.0 Å². The quantitative estimate of drug-likeness (QED) is 0.372. The zero-order valence-electron chi connectivity index (χ0n) is 20.3. The fraction of sp³-hybridized carbons (Fsp3) is 0.370. The summed E-state index contributed by atoms with van der Waals surface area (Å²) < 4.78 is 16.9. The van der Waals surface area contributed by atoms with Gasteiger partial charge in [-0.3, -0.25) is 4.79 Å². The van der Waals surface area contributed by atoms with Gasteiger partial charge in [0.2, 0.25) is 0 Å². The minimum absolute atomic E-state index is 0.0137. The van der Waals surface area contributed by atoms with E-state index in [1.807, 2.05) is 6.92 Å². The van der Waals surface area contributed by atoms with Crippen LogP contribution in [0, 0.1) is 5.92 Å². The Labute approximate surface area is 198 Å². The topological polar surface area (TPSA) is 109 Å². The first-order chi connectivity index (χ1) is 15.9. The summed E-state index contributed by atoms with van der Waals surface area (Å²) in [5.74, 6) is 0.660. The molecule has 0 aliphatic carbocycles. The second-order valence-electron chi connectivity index (χ2n) is 9.24. The van der Waals surface area contributed by atoms with Crippen molar-refractivity contribution in [2.45, 2.75) is 45.6 Å². The number of fused-ring (bicyclic) bond motifs is 1. The van der Waals surface area contributed by atoms with Crippen molar-refractivity contribution in [3.8, 4) is 34.3 Å². The number of aliphatic hydroxyl groups is 1. The van der Waals surface area contributed by atoms with E-state index >= 15 is 0 Å². The van der Waals surface area contributed by atoms with E-state index in [4.69, 9.17) is 13.9 Å². The Hall–Kier alpha value is -3.45. The molecule has 1 atom stereocenters. The lowest BCUT2D eigenvalue weighted by Crippen LogP contribution is -2.21. The number of hydrogen-bond acceptors (Lipinski definition) is 7. The first-order valence-corrected chi connectivity index (χ1v) is 11.1. The minimum atomic E-state index is -0.840. The second-order valence-corrected chi connectivity index (χ2v) is 9.24. The highest BCUT2D eigenvalue weighted by Gasteiger charge is 2.24. The molecular weight excluding hydrogens is 436 g/mol. The molecular formula is C27H32O7. The van der Waals surface area contributed by atoms with Gasteiger partial charge in [-0.25, -0.2) is 0 Å². The standard InChI is InChI=1S/C27H32O7/c1-15(2)16(9-10-27(3,4)31)11-19-20(29)13-24(33-6)25-21(30)14-23(34-26(19)25)18-8-7-17(28)12-22(18)32-5/h7-8,12-14,16,28-29,31H,1,9-11H2,2-6H3/t16-/m1/s1. The van der Waals surface area contributed by atoms with Crippen molar-refractivity contribution in [1.29, 1.82) is 0 Å². The van der Waals surface area contributed by atoms with Crippen LogP contribution in [0.1, 0.15) is 39.2 Å². The van der Waals surface area contributed by atoms with Gasteiger partial charge in [-0.2, -0.15) is 0 Å². The van der Waals surface area contributed by atoms with Crippen LogP contribution in [0.15, 0.2) is 51.7 Å². The van der Waals surface area contributed by atoms with Crippen LogP contribution >= 0.6 is 0 Å². The van der Waals surface area contributed by atoms with Crippen molar-refractivity contribution in [2.24, 2.45) is 5.92 Å². The number of aromatic hydroxyl groups is 2. The zero-order valence-corrected chi connectivity index (χ0v) is 20.3. The van der Waals surface area contributed by atoms with Gasteiger partial charge in [0.05, 0.1) is 25.4 Å². The van der Waals surface area contributed by atoms with Gasteiger partial charge >= 0.3 is 0 Å². The van der Waals surface area contributed by atoms with Crippen molar-refractivity contribution in [3.05, 3.63) is 58.3 Å². The normalized spacial score (nSPS) is 12.5. The van der Waals surface area contributed by atoms with Gasteiger partial charge in [0, 0.05) is 23.8 Å². The highest BCUT2D eigenvalue weighted by Crippen LogP contribution is 2.40. The van der Waals surface area contributed by atoms with Crippen LogP contribution in [-0.2, 0) is 6.42 Å². The smallest absolute Gasteiger partial charge is 0.197 e. The molecule has 0 bridgehead atoms. The largest absolute Gasteiger partial charge is 0.508 e. The number of benzene rings is 2. The summed E-state index contributed by atoms with van der Waals surface area (Å²) in [6.45, 7) is 9.49. The van der Waals surface area contributed by atoms with Crippen LogP contribution in [-0.4, -0.2) is 35.1 Å². The molecule has 182 valence electrons. The molecule has 3 aromatic rings. The predicted molar refractivity (Wildman–Crippen MR) is 132 cm³/mol. The molecule has 0 fully saturated rings. The van der Waals surface area contributed by atoms with Crippen LogP contribution in [0.3, 0.4) is 0 Å². The Kier molecular flexibility index (Phi) is 7.26. The number of ether oxygens (including phenoxy) is 2. The third-order valence-electron chi connectivity index (χ3n) is 5.97. The Morgan fingerprint density at radius 1 is 1.12 bits per heavy atom. The summed E-state index contributed by atoms with van der Waals surface area (Å²) in [5.41, 5.74) is 0.859. The van der Waals surface area contributed by atoms with Gasteiger partial charge in [0.25, 0.3) is 0 Å². The molecule has 0 aliphatic rings. The molecule has 7 heteroatoms. The van der Waals surface area contributed by atoms with Gasteiger partial charge in [-0.1, -0.05) is 12.2 Å². The summed E-state index contributed by atoms with van der Waals surface area (Å²) >= 11 is 0. The first kappa shape index (κ1) is 25.2. The second kappa shape index (κ2) is 9.81. The number of methoxy groups -OCH3 is 2. The molecule has 7 nitrogen and oxygen atoms in total. The van der Waals surface area contributed by atoms with E-state index in [9.17, 15) is 20.1 Å². The molecule has 1 heterocycles. The van der Waals surface area contributed by atoms with Gasteiger partial charge in [0.15, 0.2) is 5.43 Å². The molecule has 0 unspecified atom stereocenters. The van der Waals surface area contributed by atoms with Gasteiger partial charge in [0.1, 0.15) is 39.7 Å². The maximum atomic E-state index is 13.2. The van der Waals surface area contributed by atoms with Crippen LogP contribution in [0.2, 0.25) is 0 Å². The number of phenolic OH excluding ortho intramolecular Hbond substituents is 2. The molecule has 0 aliphatic heterocycles. The van der Waals surface area contributed by atoms with Gasteiger partial charge in [-0.15, -0.1) is 0 Å². The van der Waals surface area contributed by atoms with Crippen molar-refractivity contribution in [1.82, 2.24) is 0 Å². The number of phenols is 2. The minimum Gasteiger partial charge on any atom is -0.508 e. The molecule has 0 saturated heterocycles. The third-order valence-corrected chi connectivity index (χ3v) is 5.97. The molecule has 34 heavy (non-hydrogen) atoms. The highest BCUT2D eigenvalue weighted by molar-refractivity contribution is 5.90. The monoisotopic (exact) mass is 468 g/mol. The Morgan fingerprint density at radius 2 is 1.79 bits per heavy atom. The zero-order chi connectivity index (χ0) is 25.2. The van der Waals surface area contributed by atoms with Crippen LogP contribution < -0.4 is 14.9 Å². The molecule has 3 N–H and O–H groups in total. The molecule has 0 saturated carbocycles. The lowest BCUT2D eigenvalue weighted by molar-refractivity contribution is 0.0651. The van der Waals surface area contributed by atoms with E-state index in [0.717, 1.165) is 5.57 Å². The maximum absolute atomic E-state index is 13.2. The fourth-order valence-electron chi connectivity index (χ4n) is 4.01. The number of rotatable bonds is 9. The first-order valence-electron chi connectivity index (χ1n) is 11.1. The molecule has 0 spiro atoms. The van der Waals surface area contributed by atoms with E-state index in [1.54, 1.807) is 19.9 Å². The summed E-state index contributed by atoms with van der Waals surface area (Å²) in [5, 5.41) is 31.1. The average molecular weight is 469 g/mol. The van der Waals surface area contributed by atoms with Crippen molar-refractivity contribution < 1.29 is 29.2 Å². The summed E-state index contributed by atoms with van der Waals surface area (Å²) in [6, 6.07) is 7.25. The lowest BCUT2D eigenvalue weighted by Gasteiger charge is -2.23. The maximum Gasteiger partial charge on any atom is 0.197 e. The molecule has 0 radical (unpaired) electrons. The summed E-state index contributed by atoms with van der Waals surface area (Å²) in [4.78, 5) is 13.2. The van der Waals surface area contributed by atoms with E-state index in [0.29, 0.717) is 36.1 Å². The molecule has 2 aromatic carbocycles. The van der Waals surface area contributed by atoms with Crippen LogP contribution in [0.5, 0.6) is 23.0 Å². The Bertz CT molecular complexity index is 1260. The average Bonchev–Trinajstić information content (AvgIpc) is 2.76. The van der Waals surface area contributed by atoms with Gasteiger partial charge in [-0.05, 0) is 58.1 Å². The van der Waals surface area contributed by atoms with Crippen molar-refractivity contribution in [3.63, 3.8) is 0 Å².